The molecule has 41 heavy (non-hydrogen) atoms. The minimum absolute atomic E-state index is 0.0492. The number of aromatic nitrogens is 6. The third-order valence-electron chi connectivity index (χ3n) is 7.15. The monoisotopic (exact) mass is 555 g/mol. The first-order chi connectivity index (χ1) is 19.8. The number of rotatable bonds is 8. The summed E-state index contributed by atoms with van der Waals surface area (Å²) in [5.74, 6) is 1.42. The molecule has 0 unspecified atom stereocenters. The van der Waals surface area contributed by atoms with E-state index in [-0.39, 0.29) is 19.0 Å². The number of ether oxygens (including phenoxy) is 1. The van der Waals surface area contributed by atoms with Gasteiger partial charge in [-0.2, -0.15) is 5.10 Å². The number of hydrogen-bond acceptors (Lipinski definition) is 8. The lowest BCUT2D eigenvalue weighted by Gasteiger charge is -2.16. The second kappa shape index (κ2) is 11.0. The van der Waals surface area contributed by atoms with E-state index in [1.165, 1.54) is 0 Å². The number of likely N-dealkylation sites (tertiary alicyclic amines) is 1. The molecule has 1 aliphatic heterocycles. The number of alkyl halides is 1. The lowest BCUT2D eigenvalue weighted by atomic mass is 10.1. The zero-order valence-electron chi connectivity index (χ0n) is 22.9. The Labute approximate surface area is 235 Å². The maximum Gasteiger partial charge on any atom is 0.238 e. The van der Waals surface area contributed by atoms with Gasteiger partial charge in [-0.15, -0.1) is 0 Å². The molecular formula is C29H30FN9O2. The predicted octanol–water partition coefficient (Wildman–Crippen LogP) is 4.15. The number of H-pyrrole nitrogens is 1. The van der Waals surface area contributed by atoms with E-state index in [9.17, 15) is 9.18 Å². The van der Waals surface area contributed by atoms with Gasteiger partial charge >= 0.3 is 0 Å². The van der Waals surface area contributed by atoms with Crippen molar-refractivity contribution in [2.75, 3.05) is 30.3 Å². The van der Waals surface area contributed by atoms with Crippen molar-refractivity contribution in [1.29, 1.82) is 0 Å². The number of fused-ring (bicyclic) bond motifs is 1. The van der Waals surface area contributed by atoms with Crippen LogP contribution < -0.4 is 15.4 Å². The molecule has 0 aliphatic carbocycles. The van der Waals surface area contributed by atoms with Crippen molar-refractivity contribution in [3.63, 3.8) is 0 Å². The molecule has 1 amide bonds. The average Bonchev–Trinajstić information content (AvgIpc) is 3.62. The molecule has 0 radical (unpaired) electrons. The number of nitrogens with zero attached hydrogens (tertiary/aromatic N) is 6. The van der Waals surface area contributed by atoms with Gasteiger partial charge in [0, 0.05) is 67.6 Å². The molecule has 0 bridgehead atoms. The Balaban J connectivity index is 1.16. The second-order valence-corrected chi connectivity index (χ2v) is 10.2. The summed E-state index contributed by atoms with van der Waals surface area (Å²) in [6.07, 6.45) is 5.00. The van der Waals surface area contributed by atoms with Crippen LogP contribution in [0.15, 0.2) is 61.2 Å². The third-order valence-corrected chi connectivity index (χ3v) is 7.15. The summed E-state index contributed by atoms with van der Waals surface area (Å²) in [5.41, 5.74) is 4.96. The van der Waals surface area contributed by atoms with E-state index in [1.807, 2.05) is 51.4 Å². The minimum atomic E-state index is -1.19. The molecule has 4 aromatic heterocycles. The fraction of sp³-hybridized carbons (Fsp3) is 0.276. The van der Waals surface area contributed by atoms with Crippen LogP contribution in [0.25, 0.3) is 22.2 Å². The standard InChI is InChI=1S/C29H30FN9O2/c1-17-12-33-29(35-25-11-18(2)38(3)37-25)36-27(17)21-13-32-28-20(21)5-4-6-23(28)34-26(40)16-39-14-22(30)24(15-39)41-19-7-9-31-10-8-19/h4-13,22,24,32H,14-16H2,1-3H3,(H,34,40)(H,33,35,36,37)/t22-,24-/m1/s1. The summed E-state index contributed by atoms with van der Waals surface area (Å²) < 4.78 is 22.2. The van der Waals surface area contributed by atoms with Gasteiger partial charge in [0.1, 0.15) is 11.9 Å². The van der Waals surface area contributed by atoms with Crippen LogP contribution in [0.2, 0.25) is 0 Å². The van der Waals surface area contributed by atoms with E-state index in [0.29, 0.717) is 29.7 Å². The van der Waals surface area contributed by atoms with Gasteiger partial charge in [0.2, 0.25) is 11.9 Å². The lowest BCUT2D eigenvalue weighted by Crippen LogP contribution is -2.33. The van der Waals surface area contributed by atoms with Crippen molar-refractivity contribution in [3.05, 3.63) is 72.4 Å². The molecule has 210 valence electrons. The highest BCUT2D eigenvalue weighted by Crippen LogP contribution is 2.33. The van der Waals surface area contributed by atoms with Crippen molar-refractivity contribution >= 4 is 34.3 Å². The van der Waals surface area contributed by atoms with Crippen LogP contribution in [-0.2, 0) is 11.8 Å². The zero-order valence-corrected chi connectivity index (χ0v) is 22.9. The maximum atomic E-state index is 14.6. The van der Waals surface area contributed by atoms with Crippen LogP contribution in [0, 0.1) is 13.8 Å². The number of aromatic amines is 1. The van der Waals surface area contributed by atoms with Crippen LogP contribution >= 0.6 is 0 Å². The number of halogens is 1. The molecule has 1 saturated heterocycles. The van der Waals surface area contributed by atoms with Crippen molar-refractivity contribution in [2.45, 2.75) is 26.1 Å². The molecule has 5 heterocycles. The largest absolute Gasteiger partial charge is 0.486 e. The molecule has 1 aliphatic rings. The summed E-state index contributed by atoms with van der Waals surface area (Å²) in [4.78, 5) is 31.2. The number of aryl methyl sites for hydroxylation is 3. The summed E-state index contributed by atoms with van der Waals surface area (Å²) in [5, 5.41) is 11.5. The van der Waals surface area contributed by atoms with Crippen molar-refractivity contribution in [3.8, 4) is 17.0 Å². The molecule has 2 atom stereocenters. The van der Waals surface area contributed by atoms with Gasteiger partial charge in [0.15, 0.2) is 12.0 Å². The first-order valence-electron chi connectivity index (χ1n) is 13.3. The Morgan fingerprint density at radius 3 is 2.80 bits per heavy atom. The quantitative estimate of drug-likeness (QED) is 0.261. The number of para-hydroxylation sites is 1. The molecule has 0 spiro atoms. The van der Waals surface area contributed by atoms with Crippen molar-refractivity contribution < 1.29 is 13.9 Å². The van der Waals surface area contributed by atoms with Gasteiger partial charge < -0.3 is 20.4 Å². The van der Waals surface area contributed by atoms with E-state index >= 15 is 0 Å². The zero-order chi connectivity index (χ0) is 28.5. The highest BCUT2D eigenvalue weighted by molar-refractivity contribution is 6.06. The Bertz CT molecular complexity index is 1680. The molecule has 1 fully saturated rings. The average molecular weight is 556 g/mol. The smallest absolute Gasteiger partial charge is 0.238 e. The van der Waals surface area contributed by atoms with E-state index in [2.05, 4.69) is 30.7 Å². The first kappa shape index (κ1) is 26.4. The van der Waals surface area contributed by atoms with E-state index in [1.54, 1.807) is 40.3 Å². The van der Waals surface area contributed by atoms with Crippen LogP contribution in [0.3, 0.4) is 0 Å². The van der Waals surface area contributed by atoms with E-state index in [4.69, 9.17) is 9.72 Å². The first-order valence-corrected chi connectivity index (χ1v) is 13.3. The Morgan fingerprint density at radius 2 is 2.02 bits per heavy atom. The molecule has 5 aromatic rings. The number of carbonyl (C=O) groups excluding carboxylic acids is 1. The van der Waals surface area contributed by atoms with Gasteiger partial charge in [-0.1, -0.05) is 12.1 Å². The molecule has 11 nitrogen and oxygen atoms in total. The van der Waals surface area contributed by atoms with E-state index in [0.717, 1.165) is 33.4 Å². The fourth-order valence-electron chi connectivity index (χ4n) is 5.00. The van der Waals surface area contributed by atoms with Gasteiger partial charge in [-0.25, -0.2) is 14.4 Å². The van der Waals surface area contributed by atoms with Crippen LogP contribution in [-0.4, -0.2) is 72.4 Å². The van der Waals surface area contributed by atoms with E-state index < -0.39 is 12.3 Å². The van der Waals surface area contributed by atoms with Crippen molar-refractivity contribution in [2.24, 2.45) is 7.05 Å². The number of amides is 1. The molecule has 6 rings (SSSR count). The van der Waals surface area contributed by atoms with Gasteiger partial charge in [0.05, 0.1) is 23.4 Å². The molecule has 1 aromatic carbocycles. The van der Waals surface area contributed by atoms with Crippen LogP contribution in [0.5, 0.6) is 5.75 Å². The third kappa shape index (κ3) is 5.59. The van der Waals surface area contributed by atoms with Gasteiger partial charge in [0.25, 0.3) is 0 Å². The normalized spacial score (nSPS) is 17.2. The summed E-state index contributed by atoms with van der Waals surface area (Å²) in [6, 6.07) is 11.0. The number of pyridine rings is 1. The summed E-state index contributed by atoms with van der Waals surface area (Å²) >= 11 is 0. The minimum Gasteiger partial charge on any atom is -0.486 e. The van der Waals surface area contributed by atoms with Crippen LogP contribution in [0.4, 0.5) is 21.8 Å². The molecule has 0 saturated carbocycles. The second-order valence-electron chi connectivity index (χ2n) is 10.2. The highest BCUT2D eigenvalue weighted by Gasteiger charge is 2.35. The van der Waals surface area contributed by atoms with Gasteiger partial charge in [-0.3, -0.25) is 19.4 Å². The lowest BCUT2D eigenvalue weighted by molar-refractivity contribution is -0.117. The summed E-state index contributed by atoms with van der Waals surface area (Å²) in [7, 11) is 1.88. The molecular weight excluding hydrogens is 525 g/mol. The van der Waals surface area contributed by atoms with Crippen molar-refractivity contribution in [1.82, 2.24) is 34.6 Å². The predicted molar refractivity (Wildman–Crippen MR) is 154 cm³/mol. The highest BCUT2D eigenvalue weighted by atomic mass is 19.1. The summed E-state index contributed by atoms with van der Waals surface area (Å²) in [6.45, 7) is 4.42. The Morgan fingerprint density at radius 1 is 1.20 bits per heavy atom. The van der Waals surface area contributed by atoms with Gasteiger partial charge in [-0.05, 0) is 37.6 Å². The number of anilines is 3. The Kier molecular flexibility index (Phi) is 7.06. The SMILES string of the molecule is Cc1cnc(Nc2cc(C)n(C)n2)nc1-c1c[nH]c2c(NC(=O)CN3C[C@@H](F)[C@H](Oc4ccncc4)C3)cccc12. The topological polar surface area (TPSA) is 126 Å². The number of nitrogens with one attached hydrogen (secondary N) is 3. The maximum absolute atomic E-state index is 14.6. The fourth-order valence-corrected chi connectivity index (χ4v) is 5.00. The van der Waals surface area contributed by atoms with Crippen LogP contribution in [0.1, 0.15) is 11.3 Å². The molecule has 12 heteroatoms. The number of hydrogen-bond donors (Lipinski definition) is 3. The number of benzene rings is 1. The Hall–Kier alpha value is -4.84. The number of carbonyl (C=O) groups is 1. The molecule has 3 N–H and O–H groups in total.